The molecule has 2 saturated heterocycles. The van der Waals surface area contributed by atoms with Gasteiger partial charge in [0.05, 0.1) is 42.7 Å². The molecule has 2 aromatic rings. The Morgan fingerprint density at radius 2 is 1.87 bits per heavy atom. The van der Waals surface area contributed by atoms with Crippen LogP contribution in [0.5, 0.6) is 5.75 Å². The van der Waals surface area contributed by atoms with Gasteiger partial charge in [0.15, 0.2) is 5.11 Å². The molecule has 208 valence electrons. The number of ether oxygens (including phenoxy) is 2. The maximum Gasteiger partial charge on any atom is 0.417 e. The number of hydrogen-bond acceptors (Lipinski definition) is 6. The lowest BCUT2D eigenvalue weighted by Gasteiger charge is -2.29. The quantitative estimate of drug-likeness (QED) is 0.336. The lowest BCUT2D eigenvalue weighted by molar-refractivity contribution is -0.137. The van der Waals surface area contributed by atoms with E-state index in [0.717, 1.165) is 61.2 Å². The predicted octanol–water partition coefficient (Wildman–Crippen LogP) is 4.90. The van der Waals surface area contributed by atoms with Crippen LogP contribution in [-0.4, -0.2) is 65.8 Å². The Hall–Kier alpha value is -3.20. The summed E-state index contributed by atoms with van der Waals surface area (Å²) < 4.78 is 51.9. The van der Waals surface area contributed by atoms with Crippen LogP contribution in [0.25, 0.3) is 0 Å². The molecule has 11 heteroatoms. The number of hydrogen-bond donors (Lipinski definition) is 0. The Kier molecular flexibility index (Phi) is 8.49. The minimum Gasteiger partial charge on any atom is -0.493 e. The SMILES string of the molecule is Cc1cc(CN2CCOCC2)ccc1OCCCN1C(=S)N(c2ccc(C#N)c(C(F)(F)F)c2)C(=O)C1(C)C. The van der Waals surface area contributed by atoms with E-state index < -0.39 is 28.7 Å². The number of benzene rings is 2. The number of nitriles is 1. The van der Waals surface area contributed by atoms with E-state index in [-0.39, 0.29) is 10.8 Å². The monoisotopic (exact) mass is 560 g/mol. The first-order valence-electron chi connectivity index (χ1n) is 12.7. The first-order chi connectivity index (χ1) is 18.4. The third kappa shape index (κ3) is 6.19. The number of anilines is 1. The molecule has 2 fully saturated rings. The van der Waals surface area contributed by atoms with Crippen LogP contribution in [0.4, 0.5) is 18.9 Å². The second kappa shape index (κ2) is 11.5. The number of carbonyl (C=O) groups excluding carboxylic acids is 1. The molecule has 0 aromatic heterocycles. The second-order valence-corrected chi connectivity index (χ2v) is 10.5. The molecule has 2 aromatic carbocycles. The molecule has 0 unspecified atom stereocenters. The van der Waals surface area contributed by atoms with Crippen LogP contribution in [0.3, 0.4) is 0 Å². The Morgan fingerprint density at radius 1 is 1.15 bits per heavy atom. The average Bonchev–Trinajstić information content (AvgIpc) is 3.06. The van der Waals surface area contributed by atoms with Crippen molar-refractivity contribution in [2.24, 2.45) is 0 Å². The fourth-order valence-electron chi connectivity index (χ4n) is 4.84. The number of morpholine rings is 1. The molecule has 7 nitrogen and oxygen atoms in total. The third-order valence-electron chi connectivity index (χ3n) is 7.04. The zero-order valence-electron chi connectivity index (χ0n) is 22.2. The summed E-state index contributed by atoms with van der Waals surface area (Å²) in [6.07, 6.45) is -4.20. The van der Waals surface area contributed by atoms with E-state index in [1.165, 1.54) is 11.6 Å². The van der Waals surface area contributed by atoms with Gasteiger partial charge in [-0.15, -0.1) is 0 Å². The van der Waals surface area contributed by atoms with Gasteiger partial charge in [-0.05, 0) is 74.8 Å². The largest absolute Gasteiger partial charge is 0.493 e. The van der Waals surface area contributed by atoms with Crippen molar-refractivity contribution in [1.82, 2.24) is 9.80 Å². The summed E-state index contributed by atoms with van der Waals surface area (Å²) in [6.45, 7) is 10.3. The maximum absolute atomic E-state index is 13.5. The molecule has 0 N–H and O–H groups in total. The molecule has 0 bridgehead atoms. The summed E-state index contributed by atoms with van der Waals surface area (Å²) >= 11 is 5.55. The third-order valence-corrected chi connectivity index (χ3v) is 7.45. The number of amides is 1. The van der Waals surface area contributed by atoms with Crippen LogP contribution < -0.4 is 9.64 Å². The van der Waals surface area contributed by atoms with Crippen LogP contribution >= 0.6 is 12.2 Å². The Balaban J connectivity index is 1.38. The minimum atomic E-state index is -4.74. The van der Waals surface area contributed by atoms with Gasteiger partial charge in [-0.3, -0.25) is 14.6 Å². The number of nitrogens with zero attached hydrogens (tertiary/aromatic N) is 4. The van der Waals surface area contributed by atoms with Gasteiger partial charge >= 0.3 is 6.18 Å². The van der Waals surface area contributed by atoms with Crippen molar-refractivity contribution in [1.29, 1.82) is 5.26 Å². The standard InChI is InChI=1S/C28H31F3N4O3S/c1-19-15-20(18-33-10-13-37-14-11-33)5-8-24(19)38-12-4-9-34-26(39)35(25(36)27(34,2)3)22-7-6-21(17-32)23(16-22)28(29,30)31/h5-8,15-16H,4,9-14,18H2,1-3H3. The summed E-state index contributed by atoms with van der Waals surface area (Å²) in [6, 6.07) is 10.9. The molecule has 39 heavy (non-hydrogen) atoms. The molecule has 4 rings (SSSR count). The Morgan fingerprint density at radius 3 is 2.51 bits per heavy atom. The van der Waals surface area contributed by atoms with Crippen LogP contribution in [0.15, 0.2) is 36.4 Å². The summed E-state index contributed by atoms with van der Waals surface area (Å²) in [4.78, 5) is 18.4. The van der Waals surface area contributed by atoms with Crippen molar-refractivity contribution in [3.8, 4) is 11.8 Å². The first kappa shape index (κ1) is 28.8. The number of halogens is 3. The second-order valence-electron chi connectivity index (χ2n) is 10.2. The van der Waals surface area contributed by atoms with Crippen molar-refractivity contribution in [2.45, 2.75) is 45.5 Å². The Bertz CT molecular complexity index is 1290. The molecule has 0 spiro atoms. The van der Waals surface area contributed by atoms with Gasteiger partial charge in [0.2, 0.25) is 0 Å². The number of thiocarbonyl (C=S) groups is 1. The van der Waals surface area contributed by atoms with Gasteiger partial charge in [0, 0.05) is 26.2 Å². The van der Waals surface area contributed by atoms with Gasteiger partial charge in [-0.25, -0.2) is 0 Å². The minimum absolute atomic E-state index is 0.0176. The normalized spacial score (nSPS) is 18.0. The van der Waals surface area contributed by atoms with Gasteiger partial charge in [0.25, 0.3) is 5.91 Å². The van der Waals surface area contributed by atoms with E-state index in [2.05, 4.69) is 17.0 Å². The van der Waals surface area contributed by atoms with Crippen LogP contribution in [0, 0.1) is 18.3 Å². The highest BCUT2D eigenvalue weighted by Crippen LogP contribution is 2.38. The molecule has 0 saturated carbocycles. The lowest BCUT2D eigenvalue weighted by atomic mass is 10.0. The molecule has 0 radical (unpaired) electrons. The van der Waals surface area contributed by atoms with Gasteiger partial charge in [0.1, 0.15) is 11.3 Å². The molecule has 0 aliphatic carbocycles. The van der Waals surface area contributed by atoms with E-state index in [1.54, 1.807) is 24.8 Å². The number of rotatable bonds is 8. The van der Waals surface area contributed by atoms with E-state index in [4.69, 9.17) is 27.0 Å². The fourth-order valence-corrected chi connectivity index (χ4v) is 5.34. The molecule has 1 amide bonds. The van der Waals surface area contributed by atoms with E-state index in [1.807, 2.05) is 13.0 Å². The summed E-state index contributed by atoms with van der Waals surface area (Å²) in [5.41, 5.74) is -0.451. The summed E-state index contributed by atoms with van der Waals surface area (Å²) in [5.74, 6) is 0.344. The molecular weight excluding hydrogens is 529 g/mol. The number of alkyl halides is 3. The topological polar surface area (TPSA) is 69.0 Å². The zero-order chi connectivity index (χ0) is 28.4. The van der Waals surface area contributed by atoms with E-state index in [0.29, 0.717) is 19.6 Å². The van der Waals surface area contributed by atoms with Crippen LogP contribution in [0.2, 0.25) is 0 Å². The van der Waals surface area contributed by atoms with Crippen molar-refractivity contribution in [2.75, 3.05) is 44.4 Å². The molecule has 2 aliphatic heterocycles. The van der Waals surface area contributed by atoms with E-state index in [9.17, 15) is 18.0 Å². The van der Waals surface area contributed by atoms with Crippen molar-refractivity contribution in [3.63, 3.8) is 0 Å². The lowest BCUT2D eigenvalue weighted by Crippen LogP contribution is -2.44. The number of carbonyl (C=O) groups is 1. The first-order valence-corrected chi connectivity index (χ1v) is 13.1. The van der Waals surface area contributed by atoms with E-state index >= 15 is 0 Å². The fraction of sp³-hybridized carbons (Fsp3) is 0.464. The summed E-state index contributed by atoms with van der Waals surface area (Å²) in [5, 5.41) is 9.20. The van der Waals surface area contributed by atoms with Crippen molar-refractivity contribution >= 4 is 28.9 Å². The highest BCUT2D eigenvalue weighted by atomic mass is 32.1. The predicted molar refractivity (Wildman–Crippen MR) is 144 cm³/mol. The van der Waals surface area contributed by atoms with Gasteiger partial charge in [-0.2, -0.15) is 18.4 Å². The Labute approximate surface area is 231 Å². The summed E-state index contributed by atoms with van der Waals surface area (Å²) in [7, 11) is 0. The highest BCUT2D eigenvalue weighted by Gasteiger charge is 2.49. The molecule has 2 aliphatic rings. The van der Waals surface area contributed by atoms with Crippen LogP contribution in [0.1, 0.15) is 42.5 Å². The molecular formula is C28H31F3N4O3S. The molecule has 0 atom stereocenters. The number of aryl methyl sites for hydroxylation is 1. The molecule has 2 heterocycles. The smallest absolute Gasteiger partial charge is 0.417 e. The van der Waals surface area contributed by atoms with Crippen LogP contribution in [-0.2, 0) is 22.3 Å². The van der Waals surface area contributed by atoms with Gasteiger partial charge in [-0.1, -0.05) is 12.1 Å². The van der Waals surface area contributed by atoms with Gasteiger partial charge < -0.3 is 14.4 Å². The average molecular weight is 561 g/mol. The van der Waals surface area contributed by atoms with Crippen molar-refractivity contribution < 1.29 is 27.4 Å². The van der Waals surface area contributed by atoms with Crippen molar-refractivity contribution in [3.05, 3.63) is 58.7 Å². The zero-order valence-corrected chi connectivity index (χ0v) is 23.0. The highest BCUT2D eigenvalue weighted by molar-refractivity contribution is 7.80. The maximum atomic E-state index is 13.5.